The predicted molar refractivity (Wildman–Crippen MR) is 52.2 cm³/mol. The Hall–Kier alpha value is -0.180. The van der Waals surface area contributed by atoms with Crippen molar-refractivity contribution in [1.29, 1.82) is 0 Å². The molecular weight excluding hydrogens is 203 g/mol. The molecule has 0 amide bonds. The third kappa shape index (κ3) is 2.40. The lowest BCUT2D eigenvalue weighted by Gasteiger charge is -1.95. The largest absolute Gasteiger partial charge is 0.298 e. The van der Waals surface area contributed by atoms with Gasteiger partial charge < -0.3 is 0 Å². The maximum absolute atomic E-state index is 10.3. The van der Waals surface area contributed by atoms with E-state index in [0.29, 0.717) is 21.9 Å². The Kier molecular flexibility index (Phi) is 4.57. The summed E-state index contributed by atoms with van der Waals surface area (Å²) in [5, 5.41) is 0.782. The van der Waals surface area contributed by atoms with Gasteiger partial charge in [-0.25, -0.2) is 0 Å². The molecule has 1 aromatic carbocycles. The van der Waals surface area contributed by atoms with Crippen LogP contribution >= 0.6 is 36.7 Å². The van der Waals surface area contributed by atoms with Gasteiger partial charge >= 0.3 is 0 Å². The van der Waals surface area contributed by atoms with Crippen LogP contribution in [0.4, 0.5) is 0 Å². The summed E-state index contributed by atoms with van der Waals surface area (Å²) in [6.07, 6.45) is 0.644. The molecule has 0 saturated heterocycles. The first kappa shape index (κ1) is 10.8. The molecule has 0 aliphatic carbocycles. The van der Waals surface area contributed by atoms with Crippen LogP contribution in [0.2, 0.25) is 10.0 Å². The molecule has 0 heterocycles. The Labute approximate surface area is 81.8 Å². The van der Waals surface area contributed by atoms with E-state index in [9.17, 15) is 4.79 Å². The number of benzene rings is 1. The normalized spacial score (nSPS) is 8.55. The highest BCUT2D eigenvalue weighted by molar-refractivity contribution is 7.59. The molecule has 0 saturated carbocycles. The summed E-state index contributed by atoms with van der Waals surface area (Å²) in [4.78, 5) is 10.3. The van der Waals surface area contributed by atoms with Crippen LogP contribution in [0.15, 0.2) is 18.2 Å². The topological polar surface area (TPSA) is 17.1 Å². The Balaban J connectivity index is 0.000001000. The van der Waals surface area contributed by atoms with E-state index >= 15 is 0 Å². The highest BCUT2D eigenvalue weighted by Gasteiger charge is 2.01. The van der Waals surface area contributed by atoms with Crippen molar-refractivity contribution < 1.29 is 4.79 Å². The average molecular weight is 209 g/mol. The molecule has 0 spiro atoms. The summed E-state index contributed by atoms with van der Waals surface area (Å²) < 4.78 is 0. The summed E-state index contributed by atoms with van der Waals surface area (Å²) in [6, 6.07) is 4.94. The van der Waals surface area contributed by atoms with Crippen LogP contribution in [0.1, 0.15) is 10.4 Å². The van der Waals surface area contributed by atoms with Gasteiger partial charge in [-0.05, 0) is 12.1 Å². The van der Waals surface area contributed by atoms with Crippen molar-refractivity contribution in [3.8, 4) is 0 Å². The van der Waals surface area contributed by atoms with Crippen LogP contribution in [0.25, 0.3) is 0 Å². The number of rotatable bonds is 1. The molecule has 4 heteroatoms. The third-order valence-electron chi connectivity index (χ3n) is 1.12. The minimum absolute atomic E-state index is 0. The first-order chi connectivity index (χ1) is 4.75. The van der Waals surface area contributed by atoms with Crippen molar-refractivity contribution >= 4 is 43.0 Å². The number of carbonyl (C=O) groups is 1. The number of carbonyl (C=O) groups excluding carboxylic acids is 1. The van der Waals surface area contributed by atoms with Crippen LogP contribution in [0.3, 0.4) is 0 Å². The molecule has 11 heavy (non-hydrogen) atoms. The van der Waals surface area contributed by atoms with Crippen molar-refractivity contribution in [3.63, 3.8) is 0 Å². The Morgan fingerprint density at radius 3 is 1.91 bits per heavy atom. The molecule has 1 nitrogen and oxygen atoms in total. The van der Waals surface area contributed by atoms with E-state index in [2.05, 4.69) is 0 Å². The lowest BCUT2D eigenvalue weighted by atomic mass is 10.2. The number of hydrogen-bond acceptors (Lipinski definition) is 1. The van der Waals surface area contributed by atoms with E-state index in [-0.39, 0.29) is 13.5 Å². The second-order valence-electron chi connectivity index (χ2n) is 1.75. The summed E-state index contributed by atoms with van der Waals surface area (Å²) in [5.41, 5.74) is 0.353. The number of aldehydes is 1. The van der Waals surface area contributed by atoms with Gasteiger partial charge in [0.25, 0.3) is 0 Å². The maximum Gasteiger partial charge on any atom is 0.153 e. The van der Waals surface area contributed by atoms with Crippen molar-refractivity contribution in [1.82, 2.24) is 0 Å². The number of hydrogen-bond donors (Lipinski definition) is 0. The SMILES string of the molecule is O=Cc1c(Cl)cccc1Cl.S. The van der Waals surface area contributed by atoms with E-state index in [1.807, 2.05) is 0 Å². The first-order valence-electron chi connectivity index (χ1n) is 2.65. The summed E-state index contributed by atoms with van der Waals surface area (Å²) in [5.74, 6) is 0. The van der Waals surface area contributed by atoms with Gasteiger partial charge in [-0.2, -0.15) is 13.5 Å². The van der Waals surface area contributed by atoms with Crippen LogP contribution in [-0.2, 0) is 0 Å². The van der Waals surface area contributed by atoms with E-state index in [1.54, 1.807) is 18.2 Å². The molecule has 0 bridgehead atoms. The number of halogens is 2. The van der Waals surface area contributed by atoms with Crippen molar-refractivity contribution in [2.75, 3.05) is 0 Å². The lowest BCUT2D eigenvalue weighted by molar-refractivity contribution is 0.112. The quantitative estimate of drug-likeness (QED) is 0.650. The molecule has 1 rings (SSSR count). The van der Waals surface area contributed by atoms with Gasteiger partial charge in [0.05, 0.1) is 15.6 Å². The van der Waals surface area contributed by atoms with Gasteiger partial charge in [-0.15, -0.1) is 0 Å². The molecule has 60 valence electrons. The van der Waals surface area contributed by atoms with Gasteiger partial charge in [0.2, 0.25) is 0 Å². The van der Waals surface area contributed by atoms with E-state index in [1.165, 1.54) is 0 Å². The Bertz CT molecular complexity index is 242. The minimum Gasteiger partial charge on any atom is -0.298 e. The van der Waals surface area contributed by atoms with E-state index in [4.69, 9.17) is 23.2 Å². The highest BCUT2D eigenvalue weighted by atomic mass is 35.5. The standard InChI is InChI=1S/C7H4Cl2O.H2S/c8-6-2-1-3-7(9)5(6)4-10;/h1-4H;1H2. The fraction of sp³-hybridized carbons (Fsp3) is 0. The van der Waals surface area contributed by atoms with Crippen molar-refractivity contribution in [2.45, 2.75) is 0 Å². The van der Waals surface area contributed by atoms with E-state index in [0.717, 1.165) is 0 Å². The monoisotopic (exact) mass is 208 g/mol. The van der Waals surface area contributed by atoms with Crippen molar-refractivity contribution in [3.05, 3.63) is 33.8 Å². The lowest BCUT2D eigenvalue weighted by Crippen LogP contribution is -1.81. The zero-order chi connectivity index (χ0) is 7.56. The van der Waals surface area contributed by atoms with Crippen LogP contribution < -0.4 is 0 Å². The predicted octanol–water partition coefficient (Wildman–Crippen LogP) is 2.92. The van der Waals surface area contributed by atoms with Gasteiger partial charge in [0.1, 0.15) is 0 Å². The molecule has 0 radical (unpaired) electrons. The molecule has 0 aliphatic heterocycles. The Morgan fingerprint density at radius 2 is 1.64 bits per heavy atom. The summed E-state index contributed by atoms with van der Waals surface area (Å²) in [6.45, 7) is 0. The first-order valence-corrected chi connectivity index (χ1v) is 3.40. The zero-order valence-corrected chi connectivity index (χ0v) is 7.99. The molecule has 1 aromatic rings. The van der Waals surface area contributed by atoms with Crippen molar-refractivity contribution in [2.24, 2.45) is 0 Å². The smallest absolute Gasteiger partial charge is 0.153 e. The van der Waals surface area contributed by atoms with E-state index < -0.39 is 0 Å². The van der Waals surface area contributed by atoms with Gasteiger partial charge in [-0.3, -0.25) is 4.79 Å². The zero-order valence-electron chi connectivity index (χ0n) is 5.47. The molecule has 0 atom stereocenters. The molecule has 0 N–H and O–H groups in total. The molecular formula is C7H6Cl2OS. The summed E-state index contributed by atoms with van der Waals surface area (Å²) >= 11 is 11.2. The Morgan fingerprint density at radius 1 is 1.18 bits per heavy atom. The fourth-order valence-corrected chi connectivity index (χ4v) is 1.11. The molecule has 0 fully saturated rings. The van der Waals surface area contributed by atoms with Gasteiger partial charge in [-0.1, -0.05) is 29.3 Å². The second-order valence-corrected chi connectivity index (χ2v) is 2.57. The third-order valence-corrected chi connectivity index (χ3v) is 1.78. The average Bonchev–Trinajstić information content (AvgIpc) is 1.88. The van der Waals surface area contributed by atoms with Gasteiger partial charge in [0, 0.05) is 0 Å². The minimum atomic E-state index is 0. The molecule has 0 unspecified atom stereocenters. The molecule has 0 aliphatic rings. The summed E-state index contributed by atoms with van der Waals surface area (Å²) in [7, 11) is 0. The van der Waals surface area contributed by atoms with Crippen LogP contribution in [0.5, 0.6) is 0 Å². The maximum atomic E-state index is 10.3. The molecule has 0 aromatic heterocycles. The fourth-order valence-electron chi connectivity index (χ4n) is 0.623. The van der Waals surface area contributed by atoms with Crippen LogP contribution in [0, 0.1) is 0 Å². The second kappa shape index (κ2) is 4.65. The van der Waals surface area contributed by atoms with Crippen LogP contribution in [-0.4, -0.2) is 6.29 Å². The highest BCUT2D eigenvalue weighted by Crippen LogP contribution is 2.21. The van der Waals surface area contributed by atoms with Gasteiger partial charge in [0.15, 0.2) is 6.29 Å².